The predicted molar refractivity (Wildman–Crippen MR) is 71.3 cm³/mol. The molecule has 2 aliphatic heterocycles. The second-order valence-electron chi connectivity index (χ2n) is 5.19. The van der Waals surface area contributed by atoms with Crippen LogP contribution in [0.5, 0.6) is 0 Å². The molecule has 1 fully saturated rings. The Balaban J connectivity index is 1.75. The zero-order valence-electron chi connectivity index (χ0n) is 10.4. The average Bonchev–Trinajstić information content (AvgIpc) is 2.78. The van der Waals surface area contributed by atoms with Gasteiger partial charge < -0.3 is 0 Å². The van der Waals surface area contributed by atoms with Gasteiger partial charge in [-0.3, -0.25) is 4.84 Å². The standard InChI is InChI=1S/C16H14FNO/c17-13-7-5-11(6-8-13)16-10-14-9-12-3-1-2-4-15(12)18(16)19-14/h1-8,14,16H,9-10H2/t14-,16-/m0/s1. The molecule has 2 bridgehead atoms. The summed E-state index contributed by atoms with van der Waals surface area (Å²) in [4.78, 5) is 5.96. The summed E-state index contributed by atoms with van der Waals surface area (Å²) < 4.78 is 13.0. The molecule has 2 aromatic carbocycles. The first-order valence-electron chi connectivity index (χ1n) is 6.60. The Morgan fingerprint density at radius 3 is 2.68 bits per heavy atom. The van der Waals surface area contributed by atoms with Gasteiger partial charge in [-0.2, -0.15) is 0 Å². The van der Waals surface area contributed by atoms with Crippen molar-refractivity contribution >= 4 is 5.69 Å². The Labute approximate surface area is 111 Å². The lowest BCUT2D eigenvalue weighted by atomic mass is 10.0. The normalized spacial score (nSPS) is 24.4. The van der Waals surface area contributed by atoms with E-state index in [0.717, 1.165) is 24.1 Å². The van der Waals surface area contributed by atoms with Crippen LogP contribution >= 0.6 is 0 Å². The van der Waals surface area contributed by atoms with Crippen LogP contribution in [0.2, 0.25) is 0 Å². The molecule has 0 amide bonds. The maximum atomic E-state index is 13.0. The van der Waals surface area contributed by atoms with Gasteiger partial charge in [-0.15, -0.1) is 0 Å². The molecule has 1 saturated heterocycles. The van der Waals surface area contributed by atoms with E-state index in [1.807, 2.05) is 23.3 Å². The first kappa shape index (κ1) is 11.0. The molecule has 19 heavy (non-hydrogen) atoms. The average molecular weight is 255 g/mol. The molecule has 2 aliphatic rings. The quantitative estimate of drug-likeness (QED) is 0.771. The summed E-state index contributed by atoms with van der Waals surface area (Å²) in [5.74, 6) is -0.193. The second-order valence-corrected chi connectivity index (χ2v) is 5.19. The van der Waals surface area contributed by atoms with Crippen LogP contribution in [0.25, 0.3) is 0 Å². The molecule has 2 aromatic rings. The van der Waals surface area contributed by atoms with Gasteiger partial charge in [0.05, 0.1) is 17.8 Å². The Kier molecular flexibility index (Phi) is 2.35. The molecule has 0 N–H and O–H groups in total. The summed E-state index contributed by atoms with van der Waals surface area (Å²) >= 11 is 0. The van der Waals surface area contributed by atoms with E-state index in [2.05, 4.69) is 18.2 Å². The molecule has 3 heteroatoms. The van der Waals surface area contributed by atoms with Crippen LogP contribution < -0.4 is 5.06 Å². The molecule has 0 unspecified atom stereocenters. The molecular weight excluding hydrogens is 241 g/mol. The number of hydroxylamine groups is 1. The Hall–Kier alpha value is -1.87. The summed E-state index contributed by atoms with van der Waals surface area (Å²) in [6.45, 7) is 0. The van der Waals surface area contributed by atoms with Crippen molar-refractivity contribution in [3.63, 3.8) is 0 Å². The van der Waals surface area contributed by atoms with Crippen molar-refractivity contribution in [3.05, 3.63) is 65.5 Å². The highest BCUT2D eigenvalue weighted by Gasteiger charge is 2.39. The molecule has 2 heterocycles. The van der Waals surface area contributed by atoms with Gasteiger partial charge >= 0.3 is 0 Å². The zero-order chi connectivity index (χ0) is 12.8. The van der Waals surface area contributed by atoms with E-state index in [9.17, 15) is 4.39 Å². The highest BCUT2D eigenvalue weighted by molar-refractivity contribution is 5.56. The maximum Gasteiger partial charge on any atom is 0.123 e. The maximum absolute atomic E-state index is 13.0. The minimum atomic E-state index is -0.193. The van der Waals surface area contributed by atoms with Crippen molar-refractivity contribution in [1.29, 1.82) is 0 Å². The van der Waals surface area contributed by atoms with Crippen LogP contribution in [0.4, 0.5) is 10.1 Å². The van der Waals surface area contributed by atoms with Crippen LogP contribution in [-0.4, -0.2) is 6.10 Å². The molecule has 0 radical (unpaired) electrons. The minimum absolute atomic E-state index is 0.189. The second kappa shape index (κ2) is 4.07. The topological polar surface area (TPSA) is 12.5 Å². The van der Waals surface area contributed by atoms with Crippen LogP contribution in [0.1, 0.15) is 23.6 Å². The molecule has 0 aromatic heterocycles. The van der Waals surface area contributed by atoms with Gasteiger partial charge in [0.2, 0.25) is 0 Å². The summed E-state index contributed by atoms with van der Waals surface area (Å²) in [5, 5.41) is 2.00. The van der Waals surface area contributed by atoms with Crippen LogP contribution in [0.15, 0.2) is 48.5 Å². The van der Waals surface area contributed by atoms with Crippen LogP contribution in [0.3, 0.4) is 0 Å². The third kappa shape index (κ3) is 1.73. The number of rotatable bonds is 1. The number of halogens is 1. The smallest absolute Gasteiger partial charge is 0.123 e. The van der Waals surface area contributed by atoms with E-state index in [4.69, 9.17) is 4.84 Å². The fraction of sp³-hybridized carbons (Fsp3) is 0.250. The number of anilines is 1. The fourth-order valence-corrected chi connectivity index (χ4v) is 3.07. The largest absolute Gasteiger partial charge is 0.269 e. The number of hydrogen-bond acceptors (Lipinski definition) is 2. The molecule has 2 atom stereocenters. The molecular formula is C16H14FNO. The van der Waals surface area contributed by atoms with Gasteiger partial charge in [0, 0.05) is 12.8 Å². The van der Waals surface area contributed by atoms with E-state index in [0.29, 0.717) is 0 Å². The number of nitrogens with zero attached hydrogens (tertiary/aromatic N) is 1. The van der Waals surface area contributed by atoms with Gasteiger partial charge in [0.25, 0.3) is 0 Å². The van der Waals surface area contributed by atoms with Gasteiger partial charge in [-0.1, -0.05) is 30.3 Å². The van der Waals surface area contributed by atoms with Crippen molar-refractivity contribution in [2.24, 2.45) is 0 Å². The fourth-order valence-electron chi connectivity index (χ4n) is 3.07. The third-order valence-corrected chi connectivity index (χ3v) is 3.96. The van der Waals surface area contributed by atoms with Crippen molar-refractivity contribution in [2.45, 2.75) is 25.0 Å². The van der Waals surface area contributed by atoms with Crippen molar-refractivity contribution < 1.29 is 9.23 Å². The summed E-state index contributed by atoms with van der Waals surface area (Å²) in [6, 6.07) is 15.3. The van der Waals surface area contributed by atoms with E-state index in [-0.39, 0.29) is 18.0 Å². The van der Waals surface area contributed by atoms with E-state index < -0.39 is 0 Å². The molecule has 2 nitrogen and oxygen atoms in total. The monoisotopic (exact) mass is 255 g/mol. The van der Waals surface area contributed by atoms with E-state index in [1.165, 1.54) is 17.7 Å². The first-order valence-corrected chi connectivity index (χ1v) is 6.60. The Morgan fingerprint density at radius 2 is 1.84 bits per heavy atom. The number of fused-ring (bicyclic) bond motifs is 4. The number of hydrogen-bond donors (Lipinski definition) is 0. The Morgan fingerprint density at radius 1 is 1.05 bits per heavy atom. The zero-order valence-corrected chi connectivity index (χ0v) is 10.4. The first-order chi connectivity index (χ1) is 9.31. The SMILES string of the molecule is Fc1ccc([C@@H]2C[C@@H]3Cc4ccccc4N2O3)cc1. The van der Waals surface area contributed by atoms with Gasteiger partial charge in [0.15, 0.2) is 0 Å². The predicted octanol–water partition coefficient (Wildman–Crippen LogP) is 3.63. The molecule has 0 spiro atoms. The van der Waals surface area contributed by atoms with Gasteiger partial charge in [-0.25, -0.2) is 9.45 Å². The summed E-state index contributed by atoms with van der Waals surface area (Å²) in [5.41, 5.74) is 3.59. The molecule has 4 rings (SSSR count). The number of para-hydroxylation sites is 1. The molecule has 0 aliphatic carbocycles. The van der Waals surface area contributed by atoms with Crippen molar-refractivity contribution in [1.82, 2.24) is 0 Å². The van der Waals surface area contributed by atoms with Crippen molar-refractivity contribution in [3.8, 4) is 0 Å². The van der Waals surface area contributed by atoms with E-state index >= 15 is 0 Å². The summed E-state index contributed by atoms with van der Waals surface area (Å²) in [7, 11) is 0. The third-order valence-electron chi connectivity index (χ3n) is 3.96. The number of benzene rings is 2. The molecule has 0 saturated carbocycles. The van der Waals surface area contributed by atoms with E-state index in [1.54, 1.807) is 0 Å². The van der Waals surface area contributed by atoms with Gasteiger partial charge in [-0.05, 0) is 29.3 Å². The van der Waals surface area contributed by atoms with Gasteiger partial charge in [0.1, 0.15) is 5.82 Å². The van der Waals surface area contributed by atoms with Crippen molar-refractivity contribution in [2.75, 3.05) is 5.06 Å². The molecule has 96 valence electrons. The van der Waals surface area contributed by atoms with Crippen LogP contribution in [0, 0.1) is 5.82 Å². The lowest BCUT2D eigenvalue weighted by Gasteiger charge is -2.30. The van der Waals surface area contributed by atoms with Crippen LogP contribution in [-0.2, 0) is 11.3 Å². The highest BCUT2D eigenvalue weighted by atomic mass is 19.1. The lowest BCUT2D eigenvalue weighted by molar-refractivity contribution is 0.0734. The Bertz CT molecular complexity index is 610. The summed E-state index contributed by atoms with van der Waals surface area (Å²) in [6.07, 6.45) is 2.16. The lowest BCUT2D eigenvalue weighted by Crippen LogP contribution is -2.27. The minimum Gasteiger partial charge on any atom is -0.269 e. The highest BCUT2D eigenvalue weighted by Crippen LogP contribution is 2.44.